The summed E-state index contributed by atoms with van der Waals surface area (Å²) in [5, 5.41) is 0. The Morgan fingerprint density at radius 3 is 2.46 bits per heavy atom. The van der Waals surface area contributed by atoms with Crippen LogP contribution >= 0.6 is 0 Å². The summed E-state index contributed by atoms with van der Waals surface area (Å²) in [6.45, 7) is 5.93. The van der Waals surface area contributed by atoms with Crippen LogP contribution in [0.3, 0.4) is 0 Å². The van der Waals surface area contributed by atoms with E-state index in [-0.39, 0.29) is 18.0 Å². The van der Waals surface area contributed by atoms with Gasteiger partial charge in [-0.1, -0.05) is 47.7 Å². The molecule has 0 aromatic heterocycles. The molecule has 0 aliphatic carbocycles. The van der Waals surface area contributed by atoms with Crippen LogP contribution in [0.5, 0.6) is 5.75 Å². The molecule has 0 unspecified atom stereocenters. The van der Waals surface area contributed by atoms with Gasteiger partial charge < -0.3 is 4.74 Å². The van der Waals surface area contributed by atoms with Gasteiger partial charge in [-0.05, 0) is 44.0 Å². The predicted molar refractivity (Wildman–Crippen MR) is 95.6 cm³/mol. The molecule has 24 heavy (non-hydrogen) atoms. The third-order valence-electron chi connectivity index (χ3n) is 3.49. The van der Waals surface area contributed by atoms with E-state index in [0.717, 1.165) is 22.4 Å². The van der Waals surface area contributed by atoms with Gasteiger partial charge in [0.2, 0.25) is 10.0 Å². The van der Waals surface area contributed by atoms with E-state index in [1.165, 1.54) is 0 Å². The Balaban J connectivity index is 1.89. The largest absolute Gasteiger partial charge is 0.481 e. The summed E-state index contributed by atoms with van der Waals surface area (Å²) in [5.74, 6) is 6.36. The van der Waals surface area contributed by atoms with Crippen molar-refractivity contribution >= 4 is 10.0 Å². The number of sulfonamides is 1. The van der Waals surface area contributed by atoms with Crippen LogP contribution in [0.4, 0.5) is 0 Å². The van der Waals surface area contributed by atoms with Gasteiger partial charge in [-0.15, -0.1) is 0 Å². The Morgan fingerprint density at radius 2 is 1.75 bits per heavy atom. The molecule has 126 valence electrons. The van der Waals surface area contributed by atoms with Crippen molar-refractivity contribution in [2.75, 3.05) is 13.2 Å². The number of ether oxygens (including phenoxy) is 1. The van der Waals surface area contributed by atoms with Crippen molar-refractivity contribution in [1.29, 1.82) is 0 Å². The fourth-order valence-electron chi connectivity index (χ4n) is 2.26. The van der Waals surface area contributed by atoms with E-state index in [1.54, 1.807) is 19.1 Å². The quantitative estimate of drug-likeness (QED) is 0.849. The highest BCUT2D eigenvalue weighted by molar-refractivity contribution is 7.89. The van der Waals surface area contributed by atoms with E-state index in [2.05, 4.69) is 16.6 Å². The second-order valence-electron chi connectivity index (χ2n) is 5.50. The highest BCUT2D eigenvalue weighted by Crippen LogP contribution is 2.16. The van der Waals surface area contributed by atoms with Crippen molar-refractivity contribution in [1.82, 2.24) is 4.72 Å². The van der Waals surface area contributed by atoms with Crippen LogP contribution < -0.4 is 9.46 Å². The van der Waals surface area contributed by atoms with Gasteiger partial charge in [0, 0.05) is 0 Å². The summed E-state index contributed by atoms with van der Waals surface area (Å²) in [6, 6.07) is 12.9. The number of rotatable bonds is 5. The first kappa shape index (κ1) is 18.1. The molecule has 1 N–H and O–H groups in total. The maximum atomic E-state index is 12.3. The molecule has 0 amide bonds. The molecular weight excluding hydrogens is 322 g/mol. The Bertz CT molecular complexity index is 877. The van der Waals surface area contributed by atoms with Crippen LogP contribution in [-0.4, -0.2) is 21.6 Å². The molecule has 0 heterocycles. The van der Waals surface area contributed by atoms with E-state index < -0.39 is 10.0 Å². The van der Waals surface area contributed by atoms with E-state index in [0.29, 0.717) is 0 Å². The highest BCUT2D eigenvalue weighted by Gasteiger charge is 2.15. The minimum atomic E-state index is -3.55. The lowest BCUT2D eigenvalue weighted by Gasteiger charge is -2.08. The van der Waals surface area contributed by atoms with Crippen molar-refractivity contribution in [3.05, 3.63) is 59.2 Å². The average Bonchev–Trinajstić information content (AvgIpc) is 2.52. The standard InChI is InChI=1S/C19H21NO3S/c1-15-10-11-19(17(3)14-15)24(21,22)20-12-6-7-13-23-18-9-5-4-8-16(18)2/h4-5,8-11,14,20H,12-13H2,1-3H3. The number of nitrogens with one attached hydrogen (secondary N) is 1. The molecule has 0 saturated heterocycles. The molecular formula is C19H21NO3S. The molecule has 4 nitrogen and oxygen atoms in total. The summed E-state index contributed by atoms with van der Waals surface area (Å²) >= 11 is 0. The fraction of sp³-hybridized carbons (Fsp3) is 0.263. The van der Waals surface area contributed by atoms with E-state index >= 15 is 0 Å². The molecule has 2 rings (SSSR count). The van der Waals surface area contributed by atoms with Crippen molar-refractivity contribution in [3.8, 4) is 17.6 Å². The Labute approximate surface area is 143 Å². The second-order valence-corrected chi connectivity index (χ2v) is 7.24. The normalized spacial score (nSPS) is 10.8. The van der Waals surface area contributed by atoms with Crippen molar-refractivity contribution < 1.29 is 13.2 Å². The van der Waals surface area contributed by atoms with E-state index in [9.17, 15) is 8.42 Å². The van der Waals surface area contributed by atoms with Gasteiger partial charge in [0.15, 0.2) is 0 Å². The van der Waals surface area contributed by atoms with Crippen LogP contribution in [-0.2, 0) is 10.0 Å². The maximum Gasteiger partial charge on any atom is 0.241 e. The second kappa shape index (κ2) is 8.00. The van der Waals surface area contributed by atoms with Crippen molar-refractivity contribution in [3.63, 3.8) is 0 Å². The molecule has 2 aromatic rings. The Kier molecular flexibility index (Phi) is 6.02. The molecule has 0 aliphatic rings. The highest BCUT2D eigenvalue weighted by atomic mass is 32.2. The minimum Gasteiger partial charge on any atom is -0.481 e. The van der Waals surface area contributed by atoms with Crippen LogP contribution in [0.2, 0.25) is 0 Å². The molecule has 2 aromatic carbocycles. The third kappa shape index (κ3) is 4.85. The monoisotopic (exact) mass is 343 g/mol. The lowest BCUT2D eigenvalue weighted by Crippen LogP contribution is -2.24. The van der Waals surface area contributed by atoms with Crippen LogP contribution in [0.1, 0.15) is 16.7 Å². The molecule has 0 fully saturated rings. The fourth-order valence-corrected chi connectivity index (χ4v) is 3.40. The molecule has 0 atom stereocenters. The van der Waals surface area contributed by atoms with E-state index in [1.807, 2.05) is 44.2 Å². The van der Waals surface area contributed by atoms with Crippen molar-refractivity contribution in [2.45, 2.75) is 25.7 Å². The zero-order valence-electron chi connectivity index (χ0n) is 14.1. The number of hydrogen-bond acceptors (Lipinski definition) is 3. The topological polar surface area (TPSA) is 55.4 Å². The molecule has 0 saturated carbocycles. The van der Waals surface area contributed by atoms with Crippen molar-refractivity contribution in [2.24, 2.45) is 0 Å². The van der Waals surface area contributed by atoms with Gasteiger partial charge >= 0.3 is 0 Å². The van der Waals surface area contributed by atoms with Crippen LogP contribution in [0.25, 0.3) is 0 Å². The smallest absolute Gasteiger partial charge is 0.241 e. The van der Waals surface area contributed by atoms with Crippen LogP contribution in [0, 0.1) is 32.6 Å². The summed E-state index contributed by atoms with van der Waals surface area (Å²) in [5.41, 5.74) is 2.78. The van der Waals surface area contributed by atoms with Gasteiger partial charge in [-0.2, -0.15) is 4.72 Å². The molecule has 0 spiro atoms. The SMILES string of the molecule is Cc1ccc(S(=O)(=O)NCC#CCOc2ccccc2C)c(C)c1. The number of para-hydroxylation sites is 1. The van der Waals surface area contributed by atoms with Gasteiger partial charge in [0.05, 0.1) is 11.4 Å². The number of benzene rings is 2. The lowest BCUT2D eigenvalue weighted by atomic mass is 10.2. The first-order valence-electron chi connectivity index (χ1n) is 7.61. The lowest BCUT2D eigenvalue weighted by molar-refractivity contribution is 0.367. The molecule has 0 aliphatic heterocycles. The zero-order chi connectivity index (χ0) is 17.6. The molecule has 0 bridgehead atoms. The molecule has 5 heteroatoms. The number of aryl methyl sites for hydroxylation is 3. The van der Waals surface area contributed by atoms with Gasteiger partial charge in [-0.25, -0.2) is 8.42 Å². The zero-order valence-corrected chi connectivity index (χ0v) is 14.9. The minimum absolute atomic E-state index is 0.0484. The average molecular weight is 343 g/mol. The first-order chi connectivity index (χ1) is 11.4. The number of hydrogen-bond donors (Lipinski definition) is 1. The van der Waals surface area contributed by atoms with Crippen LogP contribution in [0.15, 0.2) is 47.4 Å². The summed E-state index contributed by atoms with van der Waals surface area (Å²) < 4.78 is 32.5. The molecule has 0 radical (unpaired) electrons. The Morgan fingerprint density at radius 1 is 1.00 bits per heavy atom. The maximum absolute atomic E-state index is 12.3. The summed E-state index contributed by atoms with van der Waals surface area (Å²) in [4.78, 5) is 0.283. The Hall–Kier alpha value is -2.29. The van der Waals surface area contributed by atoms with Gasteiger partial charge in [0.25, 0.3) is 0 Å². The van der Waals surface area contributed by atoms with Gasteiger partial charge in [0.1, 0.15) is 12.4 Å². The van der Waals surface area contributed by atoms with Gasteiger partial charge in [-0.3, -0.25) is 0 Å². The first-order valence-corrected chi connectivity index (χ1v) is 9.09. The predicted octanol–water partition coefficient (Wildman–Crippen LogP) is 2.97. The third-order valence-corrected chi connectivity index (χ3v) is 5.05. The summed E-state index contributed by atoms with van der Waals surface area (Å²) in [7, 11) is -3.55. The summed E-state index contributed by atoms with van der Waals surface area (Å²) in [6.07, 6.45) is 0. The van der Waals surface area contributed by atoms with E-state index in [4.69, 9.17) is 4.74 Å².